The lowest BCUT2D eigenvalue weighted by Crippen LogP contribution is -2.15. The van der Waals surface area contributed by atoms with Crippen LogP contribution in [0.3, 0.4) is 0 Å². The third-order valence-corrected chi connectivity index (χ3v) is 2.72. The van der Waals surface area contributed by atoms with Crippen molar-refractivity contribution in [2.75, 3.05) is 0 Å². The summed E-state index contributed by atoms with van der Waals surface area (Å²) in [6, 6.07) is 2.82. The minimum absolute atomic E-state index is 0.0210. The van der Waals surface area contributed by atoms with Crippen LogP contribution in [-0.2, 0) is 4.79 Å². The van der Waals surface area contributed by atoms with Gasteiger partial charge in [0.2, 0.25) is 5.91 Å². The Kier molecular flexibility index (Phi) is 5.29. The van der Waals surface area contributed by atoms with Gasteiger partial charge in [0, 0.05) is 18.6 Å². The number of phenols is 1. The normalized spacial score (nSPS) is 11.4. The number of carbonyl (C=O) groups excluding carboxylic acids is 1. The van der Waals surface area contributed by atoms with Crippen LogP contribution >= 0.6 is 0 Å². The van der Waals surface area contributed by atoms with Gasteiger partial charge in [0.1, 0.15) is 11.5 Å². The van der Waals surface area contributed by atoms with Crippen molar-refractivity contribution >= 4 is 17.8 Å². The maximum atomic E-state index is 10.8. The summed E-state index contributed by atoms with van der Waals surface area (Å²) >= 11 is 0. The van der Waals surface area contributed by atoms with Crippen molar-refractivity contribution in [3.8, 4) is 11.5 Å². The summed E-state index contributed by atoms with van der Waals surface area (Å²) in [4.78, 5) is 21.5. The molecular formula is C14H18N2O5. The third-order valence-electron chi connectivity index (χ3n) is 2.72. The molecule has 0 fully saturated rings. The fourth-order valence-electron chi connectivity index (χ4n) is 1.73. The smallest absolute Gasteiger partial charge is 0.507 e. The van der Waals surface area contributed by atoms with E-state index >= 15 is 0 Å². The number of benzene rings is 1. The first kappa shape index (κ1) is 16.5. The van der Waals surface area contributed by atoms with Crippen molar-refractivity contribution < 1.29 is 24.5 Å². The van der Waals surface area contributed by atoms with Gasteiger partial charge in [-0.1, -0.05) is 13.8 Å². The molecule has 3 N–H and O–H groups in total. The van der Waals surface area contributed by atoms with Gasteiger partial charge in [0.15, 0.2) is 0 Å². The second-order valence-corrected chi connectivity index (χ2v) is 4.80. The van der Waals surface area contributed by atoms with E-state index in [2.05, 4.69) is 15.3 Å². The van der Waals surface area contributed by atoms with Crippen molar-refractivity contribution in [1.82, 2.24) is 5.43 Å². The number of rotatable bonds is 4. The van der Waals surface area contributed by atoms with Crippen LogP contribution in [0.1, 0.15) is 44.7 Å². The average molecular weight is 294 g/mol. The highest BCUT2D eigenvalue weighted by Gasteiger charge is 2.17. The number of amides is 1. The van der Waals surface area contributed by atoms with Gasteiger partial charge in [0.25, 0.3) is 0 Å². The number of aromatic hydroxyl groups is 1. The Morgan fingerprint density at radius 2 is 1.90 bits per heavy atom. The summed E-state index contributed by atoms with van der Waals surface area (Å²) in [6.45, 7) is 6.67. The summed E-state index contributed by atoms with van der Waals surface area (Å²) in [7, 11) is 0. The summed E-state index contributed by atoms with van der Waals surface area (Å²) < 4.78 is 4.67. The number of hydrogen-bond donors (Lipinski definition) is 3. The van der Waals surface area contributed by atoms with Crippen molar-refractivity contribution in [2.45, 2.75) is 33.6 Å². The number of carboxylic acid groups (broad SMARTS) is 1. The van der Waals surface area contributed by atoms with E-state index in [1.165, 1.54) is 13.0 Å². The highest BCUT2D eigenvalue weighted by atomic mass is 16.7. The van der Waals surface area contributed by atoms with Gasteiger partial charge in [0.05, 0.1) is 5.71 Å². The molecule has 0 bridgehead atoms. The quantitative estimate of drug-likeness (QED) is 0.342. The summed E-state index contributed by atoms with van der Waals surface area (Å²) in [5.41, 5.74) is 3.68. The molecule has 1 rings (SSSR count). The largest absolute Gasteiger partial charge is 0.511 e. The molecule has 0 aromatic heterocycles. The predicted molar refractivity (Wildman–Crippen MR) is 76.9 cm³/mol. The minimum Gasteiger partial charge on any atom is -0.507 e. The first-order valence-corrected chi connectivity index (χ1v) is 6.31. The van der Waals surface area contributed by atoms with Crippen LogP contribution in [0.15, 0.2) is 17.2 Å². The zero-order valence-electron chi connectivity index (χ0n) is 12.3. The van der Waals surface area contributed by atoms with Crippen molar-refractivity contribution in [2.24, 2.45) is 5.10 Å². The van der Waals surface area contributed by atoms with Crippen LogP contribution in [-0.4, -0.2) is 28.0 Å². The van der Waals surface area contributed by atoms with Gasteiger partial charge in [-0.15, -0.1) is 0 Å². The molecule has 0 saturated heterocycles. The van der Waals surface area contributed by atoms with E-state index in [1.54, 1.807) is 13.0 Å². The molecule has 0 spiro atoms. The zero-order valence-corrected chi connectivity index (χ0v) is 12.3. The standard InChI is InChI=1S/C14H18N2O5/c1-7(2)10-5-11(8(3)15-16-9(4)17)12(18)6-13(10)21-14(19)20/h5-7,18H,1-4H3,(H,16,17)(H,19,20)/b15-8+. The highest BCUT2D eigenvalue weighted by molar-refractivity contribution is 6.02. The SMILES string of the molecule is CC(=O)N/N=C(\C)c1cc(C(C)C)c(OC(=O)O)cc1O. The Balaban J connectivity index is 3.29. The fraction of sp³-hybridized carbons (Fsp3) is 0.357. The van der Waals surface area contributed by atoms with Crippen molar-refractivity contribution in [1.29, 1.82) is 0 Å². The van der Waals surface area contributed by atoms with Crippen LogP contribution < -0.4 is 10.2 Å². The third kappa shape index (κ3) is 4.48. The summed E-state index contributed by atoms with van der Waals surface area (Å²) in [5, 5.41) is 22.5. The lowest BCUT2D eigenvalue weighted by molar-refractivity contribution is -0.118. The van der Waals surface area contributed by atoms with E-state index in [4.69, 9.17) is 5.11 Å². The lowest BCUT2D eigenvalue weighted by atomic mass is 9.97. The molecule has 0 unspecified atom stereocenters. The second kappa shape index (κ2) is 6.74. The number of phenolic OH excluding ortho intramolecular Hbond substituents is 1. The number of hydrogen-bond acceptors (Lipinski definition) is 5. The van der Waals surface area contributed by atoms with Crippen molar-refractivity contribution in [3.05, 3.63) is 23.3 Å². The van der Waals surface area contributed by atoms with E-state index in [0.717, 1.165) is 0 Å². The molecule has 1 aromatic carbocycles. The number of nitrogens with one attached hydrogen (secondary N) is 1. The number of hydrazone groups is 1. The van der Waals surface area contributed by atoms with Crippen LogP contribution in [0.2, 0.25) is 0 Å². The molecule has 0 aliphatic rings. The number of nitrogens with zero attached hydrogens (tertiary/aromatic N) is 1. The molecule has 1 aromatic rings. The van der Waals surface area contributed by atoms with E-state index < -0.39 is 6.16 Å². The molecule has 7 nitrogen and oxygen atoms in total. The van der Waals surface area contributed by atoms with Gasteiger partial charge in [-0.2, -0.15) is 5.10 Å². The van der Waals surface area contributed by atoms with E-state index in [9.17, 15) is 14.7 Å². The van der Waals surface area contributed by atoms with Crippen LogP contribution in [0.5, 0.6) is 11.5 Å². The Hall–Kier alpha value is -2.57. The number of ether oxygens (including phenoxy) is 1. The average Bonchev–Trinajstić information content (AvgIpc) is 2.34. The molecule has 7 heteroatoms. The molecule has 0 heterocycles. The van der Waals surface area contributed by atoms with E-state index in [1.807, 2.05) is 13.8 Å². The van der Waals surface area contributed by atoms with Crippen LogP contribution in [0.4, 0.5) is 4.79 Å². The Labute approximate surface area is 122 Å². The second-order valence-electron chi connectivity index (χ2n) is 4.80. The van der Waals surface area contributed by atoms with Crippen LogP contribution in [0, 0.1) is 0 Å². The van der Waals surface area contributed by atoms with Crippen molar-refractivity contribution in [3.63, 3.8) is 0 Å². The molecule has 0 radical (unpaired) electrons. The zero-order chi connectivity index (χ0) is 16.2. The van der Waals surface area contributed by atoms with Gasteiger partial charge in [-0.25, -0.2) is 10.2 Å². The molecule has 0 aliphatic heterocycles. The topological polar surface area (TPSA) is 108 Å². The molecule has 0 atom stereocenters. The van der Waals surface area contributed by atoms with E-state index in [-0.39, 0.29) is 23.3 Å². The maximum Gasteiger partial charge on any atom is 0.511 e. The molecule has 0 aliphatic carbocycles. The molecule has 0 saturated carbocycles. The van der Waals surface area contributed by atoms with Gasteiger partial charge >= 0.3 is 6.16 Å². The van der Waals surface area contributed by atoms with Gasteiger partial charge < -0.3 is 14.9 Å². The first-order chi connectivity index (χ1) is 9.72. The lowest BCUT2D eigenvalue weighted by Gasteiger charge is -2.14. The predicted octanol–water partition coefficient (Wildman–Crippen LogP) is 2.43. The molecule has 21 heavy (non-hydrogen) atoms. The molecule has 114 valence electrons. The van der Waals surface area contributed by atoms with Crippen LogP contribution in [0.25, 0.3) is 0 Å². The Morgan fingerprint density at radius 3 is 2.38 bits per heavy atom. The summed E-state index contributed by atoms with van der Waals surface area (Å²) in [6.07, 6.45) is -1.45. The molecular weight excluding hydrogens is 276 g/mol. The first-order valence-electron chi connectivity index (χ1n) is 6.31. The van der Waals surface area contributed by atoms with Gasteiger partial charge in [-0.3, -0.25) is 4.79 Å². The van der Waals surface area contributed by atoms with E-state index in [0.29, 0.717) is 16.8 Å². The highest BCUT2D eigenvalue weighted by Crippen LogP contribution is 2.33. The Bertz CT molecular complexity index is 593. The summed E-state index contributed by atoms with van der Waals surface area (Å²) in [5.74, 6) is -0.454. The fourth-order valence-corrected chi connectivity index (χ4v) is 1.73. The Morgan fingerprint density at radius 1 is 1.29 bits per heavy atom. The monoisotopic (exact) mass is 294 g/mol. The van der Waals surface area contributed by atoms with Gasteiger partial charge in [-0.05, 0) is 24.5 Å². The number of carbonyl (C=O) groups is 2. The maximum absolute atomic E-state index is 10.8. The molecule has 1 amide bonds. The minimum atomic E-state index is -1.45.